The summed E-state index contributed by atoms with van der Waals surface area (Å²) in [6.45, 7) is 7.90. The van der Waals surface area contributed by atoms with E-state index in [1.165, 1.54) is 6.42 Å². The number of likely N-dealkylation sites (tertiary alicyclic amines) is 1. The first kappa shape index (κ1) is 13.8. The van der Waals surface area contributed by atoms with Crippen molar-refractivity contribution < 1.29 is 9.53 Å². The summed E-state index contributed by atoms with van der Waals surface area (Å²) in [5.41, 5.74) is -0.386. The molecule has 1 aliphatic rings. The molecule has 0 amide bonds. The van der Waals surface area contributed by atoms with Crippen LogP contribution in [0.3, 0.4) is 0 Å². The van der Waals surface area contributed by atoms with Gasteiger partial charge in [-0.05, 0) is 47.2 Å². The highest BCUT2D eigenvalue weighted by molar-refractivity contribution is 7.81. The van der Waals surface area contributed by atoms with Gasteiger partial charge < -0.3 is 9.64 Å². The number of carbonyl (C=O) groups excluding carboxylic acids is 1. The van der Waals surface area contributed by atoms with Gasteiger partial charge in [-0.3, -0.25) is 4.79 Å². The molecule has 0 aromatic heterocycles. The summed E-state index contributed by atoms with van der Waals surface area (Å²) < 4.78 is 5.55. The van der Waals surface area contributed by atoms with Gasteiger partial charge in [0.25, 0.3) is 0 Å². The summed E-state index contributed by atoms with van der Waals surface area (Å²) in [5, 5.41) is -0.347. The van der Waals surface area contributed by atoms with Gasteiger partial charge in [-0.25, -0.2) is 0 Å². The van der Waals surface area contributed by atoms with E-state index in [1.54, 1.807) is 6.92 Å². The molecular formula is C12H23NO2S. The Morgan fingerprint density at radius 2 is 2.19 bits per heavy atom. The third-order valence-corrected chi connectivity index (χ3v) is 3.52. The summed E-state index contributed by atoms with van der Waals surface area (Å²) in [4.78, 5) is 13.9. The monoisotopic (exact) mass is 245 g/mol. The van der Waals surface area contributed by atoms with Crippen LogP contribution in [-0.4, -0.2) is 41.9 Å². The van der Waals surface area contributed by atoms with E-state index in [2.05, 4.69) is 24.6 Å². The van der Waals surface area contributed by atoms with Crippen LogP contribution < -0.4 is 0 Å². The second-order valence-electron chi connectivity index (χ2n) is 5.30. The molecule has 1 aliphatic heterocycles. The molecule has 0 spiro atoms. The van der Waals surface area contributed by atoms with Crippen molar-refractivity contribution in [3.63, 3.8) is 0 Å². The molecule has 16 heavy (non-hydrogen) atoms. The van der Waals surface area contributed by atoms with Gasteiger partial charge in [-0.1, -0.05) is 0 Å². The molecule has 0 aromatic rings. The number of thiol groups is 1. The van der Waals surface area contributed by atoms with E-state index in [4.69, 9.17) is 4.74 Å². The van der Waals surface area contributed by atoms with Crippen LogP contribution in [0, 0.1) is 5.92 Å². The van der Waals surface area contributed by atoms with Gasteiger partial charge in [0.15, 0.2) is 0 Å². The lowest BCUT2D eigenvalue weighted by molar-refractivity contribution is -0.162. The molecule has 0 aromatic carbocycles. The molecule has 1 rings (SSSR count). The number of nitrogens with zero attached hydrogens (tertiary/aromatic N) is 1. The van der Waals surface area contributed by atoms with Gasteiger partial charge in [0, 0.05) is 12.5 Å². The number of piperidine rings is 1. The molecule has 1 fully saturated rings. The zero-order valence-electron chi connectivity index (χ0n) is 10.7. The average Bonchev–Trinajstić information content (AvgIpc) is 2.17. The van der Waals surface area contributed by atoms with Crippen LogP contribution in [0.25, 0.3) is 0 Å². The van der Waals surface area contributed by atoms with E-state index in [0.29, 0.717) is 5.92 Å². The van der Waals surface area contributed by atoms with Crippen LogP contribution in [0.5, 0.6) is 0 Å². The third kappa shape index (κ3) is 3.67. The van der Waals surface area contributed by atoms with Crippen molar-refractivity contribution in [2.75, 3.05) is 20.1 Å². The van der Waals surface area contributed by atoms with E-state index >= 15 is 0 Å². The Morgan fingerprint density at radius 3 is 2.69 bits per heavy atom. The Bertz CT molecular complexity index is 253. The summed E-state index contributed by atoms with van der Waals surface area (Å²) >= 11 is 4.10. The van der Waals surface area contributed by atoms with Crippen LogP contribution in [0.2, 0.25) is 0 Å². The number of rotatable bonds is 3. The lowest BCUT2D eigenvalue weighted by Gasteiger charge is -2.40. The molecule has 2 unspecified atom stereocenters. The maximum atomic E-state index is 11.6. The predicted octanol–water partition coefficient (Wildman–Crippen LogP) is 1.97. The molecule has 4 heteroatoms. The fourth-order valence-corrected chi connectivity index (χ4v) is 2.21. The quantitative estimate of drug-likeness (QED) is 0.609. The van der Waals surface area contributed by atoms with Crippen molar-refractivity contribution in [2.24, 2.45) is 5.92 Å². The Morgan fingerprint density at radius 1 is 1.56 bits per heavy atom. The fraction of sp³-hybridized carbons (Fsp3) is 0.917. The molecule has 1 saturated heterocycles. The van der Waals surface area contributed by atoms with Crippen molar-refractivity contribution in [3.05, 3.63) is 0 Å². The number of esters is 1. The molecule has 3 nitrogen and oxygen atoms in total. The van der Waals surface area contributed by atoms with Gasteiger partial charge in [0.1, 0.15) is 5.60 Å². The van der Waals surface area contributed by atoms with Crippen LogP contribution in [0.4, 0.5) is 0 Å². The SMILES string of the molecule is CC(S)C(=O)OC(C)(C)C1CCCN(C)C1. The van der Waals surface area contributed by atoms with Crippen molar-refractivity contribution in [1.82, 2.24) is 4.90 Å². The van der Waals surface area contributed by atoms with Gasteiger partial charge in [-0.2, -0.15) is 12.6 Å². The molecule has 2 atom stereocenters. The molecule has 0 radical (unpaired) electrons. The second kappa shape index (κ2) is 5.41. The summed E-state index contributed by atoms with van der Waals surface area (Å²) in [6.07, 6.45) is 2.31. The highest BCUT2D eigenvalue weighted by atomic mass is 32.1. The van der Waals surface area contributed by atoms with Gasteiger partial charge in [0.2, 0.25) is 0 Å². The predicted molar refractivity (Wildman–Crippen MR) is 68.8 cm³/mol. The summed E-state index contributed by atoms with van der Waals surface area (Å²) in [5.74, 6) is 0.198. The minimum absolute atomic E-state index is 0.221. The summed E-state index contributed by atoms with van der Waals surface area (Å²) in [7, 11) is 2.12. The maximum absolute atomic E-state index is 11.6. The molecule has 1 heterocycles. The van der Waals surface area contributed by atoms with E-state index < -0.39 is 0 Å². The molecule has 0 saturated carbocycles. The van der Waals surface area contributed by atoms with Crippen LogP contribution in [0.1, 0.15) is 33.6 Å². The van der Waals surface area contributed by atoms with Crippen molar-refractivity contribution in [2.45, 2.75) is 44.5 Å². The highest BCUT2D eigenvalue weighted by Gasteiger charge is 2.36. The van der Waals surface area contributed by atoms with Gasteiger partial charge in [0.05, 0.1) is 5.25 Å². The van der Waals surface area contributed by atoms with E-state index in [1.807, 2.05) is 13.8 Å². The third-order valence-electron chi connectivity index (χ3n) is 3.31. The molecule has 0 bridgehead atoms. The smallest absolute Gasteiger partial charge is 0.319 e. The maximum Gasteiger partial charge on any atom is 0.319 e. The van der Waals surface area contributed by atoms with Crippen LogP contribution >= 0.6 is 12.6 Å². The minimum atomic E-state index is -0.386. The Hall–Kier alpha value is -0.220. The van der Waals surface area contributed by atoms with Gasteiger partial charge >= 0.3 is 5.97 Å². The first-order valence-corrected chi connectivity index (χ1v) is 6.44. The lowest BCUT2D eigenvalue weighted by atomic mass is 9.84. The number of hydrogen-bond acceptors (Lipinski definition) is 4. The van der Waals surface area contributed by atoms with E-state index in [-0.39, 0.29) is 16.8 Å². The zero-order chi connectivity index (χ0) is 12.3. The normalized spacial score (nSPS) is 25.2. The largest absolute Gasteiger partial charge is 0.459 e. The Kier molecular flexibility index (Phi) is 4.68. The average molecular weight is 245 g/mol. The molecular weight excluding hydrogens is 222 g/mol. The molecule has 0 aliphatic carbocycles. The van der Waals surface area contributed by atoms with Crippen LogP contribution in [0.15, 0.2) is 0 Å². The summed E-state index contributed by atoms with van der Waals surface area (Å²) in [6, 6.07) is 0. The van der Waals surface area contributed by atoms with Crippen LogP contribution in [-0.2, 0) is 9.53 Å². The number of carbonyl (C=O) groups is 1. The fourth-order valence-electron chi connectivity index (χ4n) is 2.16. The minimum Gasteiger partial charge on any atom is -0.459 e. The van der Waals surface area contributed by atoms with Gasteiger partial charge in [-0.15, -0.1) is 0 Å². The highest BCUT2D eigenvalue weighted by Crippen LogP contribution is 2.30. The Balaban J connectivity index is 2.58. The van der Waals surface area contributed by atoms with Crippen molar-refractivity contribution in [1.29, 1.82) is 0 Å². The topological polar surface area (TPSA) is 29.5 Å². The standard InChI is InChI=1S/C12H23NO2S/c1-9(16)11(14)15-12(2,3)10-6-5-7-13(4)8-10/h9-10,16H,5-8H2,1-4H3. The number of hydrogen-bond donors (Lipinski definition) is 1. The van der Waals surface area contributed by atoms with E-state index in [0.717, 1.165) is 19.5 Å². The Labute approximate surface area is 104 Å². The molecule has 94 valence electrons. The van der Waals surface area contributed by atoms with Crippen molar-refractivity contribution >= 4 is 18.6 Å². The van der Waals surface area contributed by atoms with Crippen molar-refractivity contribution in [3.8, 4) is 0 Å². The second-order valence-corrected chi connectivity index (χ2v) is 6.08. The first-order valence-electron chi connectivity index (χ1n) is 5.92. The lowest BCUT2D eigenvalue weighted by Crippen LogP contribution is -2.46. The molecule has 0 N–H and O–H groups in total. The van der Waals surface area contributed by atoms with E-state index in [9.17, 15) is 4.79 Å². The number of ether oxygens (including phenoxy) is 1. The zero-order valence-corrected chi connectivity index (χ0v) is 11.6. The first-order chi connectivity index (χ1) is 7.33.